The van der Waals surface area contributed by atoms with Crippen molar-refractivity contribution in [2.45, 2.75) is 19.1 Å². The van der Waals surface area contributed by atoms with Crippen LogP contribution in [0.3, 0.4) is 0 Å². The van der Waals surface area contributed by atoms with Crippen LogP contribution in [0.1, 0.15) is 6.92 Å². The van der Waals surface area contributed by atoms with E-state index in [1.807, 2.05) is 0 Å². The molecule has 0 fully saturated rings. The number of hydrogen-bond donors (Lipinski definition) is 2. The second-order valence-electron chi connectivity index (χ2n) is 1.84. The van der Waals surface area contributed by atoms with Gasteiger partial charge in [-0.25, -0.2) is 4.39 Å². The molecule has 0 aliphatic carbocycles. The van der Waals surface area contributed by atoms with Crippen LogP contribution in [-0.2, 0) is 9.53 Å². The maximum absolute atomic E-state index is 11.3. The van der Waals surface area contributed by atoms with Gasteiger partial charge in [-0.2, -0.15) is 0 Å². The van der Waals surface area contributed by atoms with Gasteiger partial charge in [-0.3, -0.25) is 4.79 Å². The first-order valence-corrected chi connectivity index (χ1v) is 2.76. The van der Waals surface area contributed by atoms with Gasteiger partial charge in [-0.1, -0.05) is 0 Å². The van der Waals surface area contributed by atoms with Crippen LogP contribution in [0.2, 0.25) is 0 Å². The summed E-state index contributed by atoms with van der Waals surface area (Å²) in [4.78, 5) is 10.4. The van der Waals surface area contributed by atoms with Crippen LogP contribution in [-0.4, -0.2) is 30.1 Å². The highest BCUT2D eigenvalue weighted by molar-refractivity contribution is 5.76. The predicted molar refractivity (Wildman–Crippen MR) is 31.7 cm³/mol. The van der Waals surface area contributed by atoms with Crippen molar-refractivity contribution < 1.29 is 19.0 Å². The molecule has 0 aromatic rings. The number of ether oxygens (including phenoxy) is 1. The molecule has 0 heterocycles. The summed E-state index contributed by atoms with van der Waals surface area (Å²) >= 11 is 0. The third kappa shape index (κ3) is 2.75. The lowest BCUT2D eigenvalue weighted by atomic mass is 10.2. The van der Waals surface area contributed by atoms with Crippen LogP contribution in [0.25, 0.3) is 0 Å². The van der Waals surface area contributed by atoms with Gasteiger partial charge >= 0.3 is 5.97 Å². The first-order valence-electron chi connectivity index (χ1n) is 2.76. The molecule has 5 heteroatoms. The molecule has 60 valence electrons. The standard InChI is InChI=1S/C5H10FNO3/c1-3(8)4(7)5(9)10-2-6/h3-4,8H,2,7H2,1H3/t3-,4+/m1/s1. The fourth-order valence-electron chi connectivity index (χ4n) is 0.347. The lowest BCUT2D eigenvalue weighted by molar-refractivity contribution is -0.151. The van der Waals surface area contributed by atoms with Crippen LogP contribution in [0, 0.1) is 0 Å². The number of hydrogen-bond acceptors (Lipinski definition) is 4. The highest BCUT2D eigenvalue weighted by atomic mass is 19.1. The molecule has 0 bridgehead atoms. The van der Waals surface area contributed by atoms with Gasteiger partial charge in [0.25, 0.3) is 0 Å². The Morgan fingerprint density at radius 2 is 2.40 bits per heavy atom. The number of carbonyl (C=O) groups is 1. The van der Waals surface area contributed by atoms with Crippen molar-refractivity contribution in [1.82, 2.24) is 0 Å². The summed E-state index contributed by atoms with van der Waals surface area (Å²) in [5.41, 5.74) is 5.05. The fourth-order valence-corrected chi connectivity index (χ4v) is 0.347. The van der Waals surface area contributed by atoms with E-state index >= 15 is 0 Å². The van der Waals surface area contributed by atoms with Crippen LogP contribution >= 0.6 is 0 Å². The second kappa shape index (κ2) is 4.19. The minimum Gasteiger partial charge on any atom is -0.432 e. The molecule has 4 nitrogen and oxygen atoms in total. The van der Waals surface area contributed by atoms with E-state index in [1.165, 1.54) is 6.92 Å². The molecule has 0 aromatic heterocycles. The molecule has 0 unspecified atom stereocenters. The first-order chi connectivity index (χ1) is 4.59. The van der Waals surface area contributed by atoms with Gasteiger partial charge in [-0.05, 0) is 6.92 Å². The topological polar surface area (TPSA) is 72.5 Å². The molecule has 0 saturated carbocycles. The molecule has 0 rings (SSSR count). The van der Waals surface area contributed by atoms with Crippen molar-refractivity contribution in [2.24, 2.45) is 5.73 Å². The molecular weight excluding hydrogens is 141 g/mol. The Morgan fingerprint density at radius 3 is 2.70 bits per heavy atom. The maximum atomic E-state index is 11.3. The average Bonchev–Trinajstić information content (AvgIpc) is 1.87. The maximum Gasteiger partial charge on any atom is 0.327 e. The molecule has 0 radical (unpaired) electrons. The summed E-state index contributed by atoms with van der Waals surface area (Å²) in [5, 5.41) is 8.67. The van der Waals surface area contributed by atoms with Gasteiger partial charge in [0, 0.05) is 0 Å². The molecule has 0 spiro atoms. The van der Waals surface area contributed by atoms with Gasteiger partial charge in [0.05, 0.1) is 6.10 Å². The van der Waals surface area contributed by atoms with E-state index in [9.17, 15) is 9.18 Å². The molecule has 3 N–H and O–H groups in total. The highest BCUT2D eigenvalue weighted by Crippen LogP contribution is 1.91. The van der Waals surface area contributed by atoms with Crippen molar-refractivity contribution in [3.63, 3.8) is 0 Å². The summed E-state index contributed by atoms with van der Waals surface area (Å²) in [7, 11) is 0. The Bertz CT molecular complexity index is 117. The normalized spacial score (nSPS) is 16.0. The lowest BCUT2D eigenvalue weighted by Crippen LogP contribution is -2.41. The molecule has 0 aromatic carbocycles. The Balaban J connectivity index is 3.71. The van der Waals surface area contributed by atoms with E-state index in [-0.39, 0.29) is 0 Å². The van der Waals surface area contributed by atoms with Crippen molar-refractivity contribution in [3.8, 4) is 0 Å². The summed E-state index contributed by atoms with van der Waals surface area (Å²) in [6.45, 7) is 0.114. The molecule has 10 heavy (non-hydrogen) atoms. The fraction of sp³-hybridized carbons (Fsp3) is 0.800. The van der Waals surface area contributed by atoms with Gasteiger partial charge in [0.2, 0.25) is 6.86 Å². The van der Waals surface area contributed by atoms with Gasteiger partial charge in [0.15, 0.2) is 0 Å². The first kappa shape index (κ1) is 9.32. The van der Waals surface area contributed by atoms with Crippen molar-refractivity contribution in [2.75, 3.05) is 6.86 Å². The Labute approximate surface area is 57.8 Å². The quantitative estimate of drug-likeness (QED) is 0.516. The second-order valence-corrected chi connectivity index (χ2v) is 1.84. The monoisotopic (exact) mass is 151 g/mol. The Hall–Kier alpha value is -0.680. The minimum atomic E-state index is -1.21. The third-order valence-corrected chi connectivity index (χ3v) is 0.989. The molecule has 2 atom stereocenters. The number of rotatable bonds is 3. The zero-order valence-electron chi connectivity index (χ0n) is 5.58. The number of esters is 1. The lowest BCUT2D eigenvalue weighted by Gasteiger charge is -2.11. The van der Waals surface area contributed by atoms with E-state index in [0.717, 1.165) is 0 Å². The van der Waals surface area contributed by atoms with Crippen molar-refractivity contribution in [1.29, 1.82) is 0 Å². The minimum absolute atomic E-state index is 0.933. The highest BCUT2D eigenvalue weighted by Gasteiger charge is 2.19. The van der Waals surface area contributed by atoms with Gasteiger partial charge < -0.3 is 15.6 Å². The van der Waals surface area contributed by atoms with E-state index in [1.54, 1.807) is 0 Å². The van der Waals surface area contributed by atoms with Crippen molar-refractivity contribution >= 4 is 5.97 Å². The molecule has 0 aliphatic heterocycles. The molecule has 0 aliphatic rings. The summed E-state index contributed by atoms with van der Waals surface area (Å²) in [5.74, 6) is -0.933. The van der Waals surface area contributed by atoms with Gasteiger partial charge in [0.1, 0.15) is 6.04 Å². The molecule has 0 amide bonds. The van der Waals surface area contributed by atoms with E-state index in [0.29, 0.717) is 0 Å². The van der Waals surface area contributed by atoms with Crippen LogP contribution < -0.4 is 5.73 Å². The molecule has 0 saturated heterocycles. The van der Waals surface area contributed by atoms with Crippen molar-refractivity contribution in [3.05, 3.63) is 0 Å². The zero-order chi connectivity index (χ0) is 8.15. The molecular formula is C5H10FNO3. The van der Waals surface area contributed by atoms with E-state index in [4.69, 9.17) is 10.8 Å². The summed E-state index contributed by atoms with van der Waals surface area (Å²) in [6.07, 6.45) is -1.01. The van der Waals surface area contributed by atoms with Crippen LogP contribution in [0.15, 0.2) is 0 Å². The SMILES string of the molecule is C[C@@H](O)[C@H](N)C(=O)OCF. The average molecular weight is 151 g/mol. The summed E-state index contributed by atoms with van der Waals surface area (Å²) < 4.78 is 15.2. The number of halogens is 1. The van der Waals surface area contributed by atoms with Crippen LogP contribution in [0.5, 0.6) is 0 Å². The smallest absolute Gasteiger partial charge is 0.327 e. The van der Waals surface area contributed by atoms with E-state index in [2.05, 4.69) is 4.74 Å². The zero-order valence-corrected chi connectivity index (χ0v) is 5.58. The van der Waals surface area contributed by atoms with Gasteiger partial charge in [-0.15, -0.1) is 0 Å². The number of nitrogens with two attached hydrogens (primary N) is 1. The van der Waals surface area contributed by atoms with Crippen LogP contribution in [0.4, 0.5) is 4.39 Å². The number of aliphatic hydroxyl groups is 1. The predicted octanol–water partition coefficient (Wildman–Crippen LogP) is -0.835. The Morgan fingerprint density at radius 1 is 1.90 bits per heavy atom. The Kier molecular flexibility index (Phi) is 3.90. The largest absolute Gasteiger partial charge is 0.432 e. The number of alkyl halides is 1. The number of aliphatic hydroxyl groups excluding tert-OH is 1. The van der Waals surface area contributed by atoms with E-state index < -0.39 is 25.0 Å². The number of carbonyl (C=O) groups excluding carboxylic acids is 1. The third-order valence-electron chi connectivity index (χ3n) is 0.989. The summed E-state index contributed by atoms with van der Waals surface area (Å²) in [6, 6.07) is -1.16.